The van der Waals surface area contributed by atoms with E-state index in [1.54, 1.807) is 17.3 Å². The van der Waals surface area contributed by atoms with Gasteiger partial charge in [-0.25, -0.2) is 18.8 Å². The van der Waals surface area contributed by atoms with E-state index >= 15 is 0 Å². The van der Waals surface area contributed by atoms with Crippen molar-refractivity contribution in [3.05, 3.63) is 65.1 Å². The summed E-state index contributed by atoms with van der Waals surface area (Å²) in [5, 5.41) is 9.80. The molecule has 1 aromatic heterocycles. The first-order chi connectivity index (χ1) is 16.3. The molecule has 3 rings (SSSR count). The summed E-state index contributed by atoms with van der Waals surface area (Å²) in [6.07, 6.45) is 4.51. The normalized spacial score (nSPS) is 16.3. The third-order valence-electron chi connectivity index (χ3n) is 5.23. The number of aromatic nitrogens is 3. The molecule has 10 heteroatoms. The van der Waals surface area contributed by atoms with Gasteiger partial charge in [-0.3, -0.25) is 9.63 Å². The van der Waals surface area contributed by atoms with Crippen LogP contribution in [0.25, 0.3) is 5.69 Å². The highest BCUT2D eigenvalue weighted by Crippen LogP contribution is 2.19. The van der Waals surface area contributed by atoms with E-state index in [1.165, 1.54) is 22.9 Å². The number of carbonyl (C=O) groups is 1. The molecule has 34 heavy (non-hydrogen) atoms. The van der Waals surface area contributed by atoms with Gasteiger partial charge in [0.2, 0.25) is 0 Å². The van der Waals surface area contributed by atoms with Crippen LogP contribution in [0.3, 0.4) is 0 Å². The number of hydroxylamine groups is 2. The van der Waals surface area contributed by atoms with Crippen LogP contribution in [0.2, 0.25) is 0 Å². The Labute approximate surface area is 198 Å². The van der Waals surface area contributed by atoms with E-state index in [4.69, 9.17) is 4.84 Å². The van der Waals surface area contributed by atoms with E-state index in [0.717, 1.165) is 12.0 Å². The summed E-state index contributed by atoms with van der Waals surface area (Å²) in [6.45, 7) is 8.20. The number of allylic oxidation sites excluding steroid dienone is 3. The molecule has 1 aliphatic heterocycles. The first kappa shape index (κ1) is 25.2. The highest BCUT2D eigenvalue weighted by atomic mass is 19.3. The monoisotopic (exact) mass is 472 g/mol. The Morgan fingerprint density at radius 2 is 1.94 bits per heavy atom. The van der Waals surface area contributed by atoms with Gasteiger partial charge in [-0.1, -0.05) is 24.6 Å². The molecular formula is C24H30F2N6O2. The molecular weight excluding hydrogens is 442 g/mol. The number of nitrogens with zero attached hydrogens (tertiary/aromatic N) is 6. The van der Waals surface area contributed by atoms with Gasteiger partial charge in [0.1, 0.15) is 0 Å². The molecule has 0 saturated carbocycles. The van der Waals surface area contributed by atoms with Crippen LogP contribution in [-0.4, -0.2) is 69.4 Å². The van der Waals surface area contributed by atoms with Crippen LogP contribution in [-0.2, 0) is 4.84 Å². The summed E-state index contributed by atoms with van der Waals surface area (Å²) in [6, 6.07) is 5.52. The molecule has 0 radical (unpaired) electrons. The largest absolute Gasteiger partial charge is 0.334 e. The molecule has 0 unspecified atom stereocenters. The van der Waals surface area contributed by atoms with Crippen molar-refractivity contribution in [3.8, 4) is 5.69 Å². The average Bonchev–Trinajstić information content (AvgIpc) is 3.22. The first-order valence-corrected chi connectivity index (χ1v) is 11.2. The first-order valence-electron chi connectivity index (χ1n) is 11.2. The highest BCUT2D eigenvalue weighted by Gasteiger charge is 2.25. The summed E-state index contributed by atoms with van der Waals surface area (Å²) >= 11 is 0. The van der Waals surface area contributed by atoms with Crippen molar-refractivity contribution >= 4 is 11.7 Å². The Morgan fingerprint density at radius 1 is 1.21 bits per heavy atom. The molecule has 1 fully saturated rings. The Morgan fingerprint density at radius 3 is 2.62 bits per heavy atom. The van der Waals surface area contributed by atoms with Gasteiger partial charge in [-0.15, -0.1) is 0 Å². The van der Waals surface area contributed by atoms with Gasteiger partial charge < -0.3 is 4.90 Å². The van der Waals surface area contributed by atoms with E-state index in [0.29, 0.717) is 30.0 Å². The van der Waals surface area contributed by atoms with E-state index in [1.807, 2.05) is 45.0 Å². The molecule has 1 aromatic carbocycles. The Balaban J connectivity index is 1.84. The second-order valence-corrected chi connectivity index (χ2v) is 7.98. The minimum atomic E-state index is -2.60. The quantitative estimate of drug-likeness (QED) is 0.466. The van der Waals surface area contributed by atoms with E-state index in [9.17, 15) is 13.6 Å². The summed E-state index contributed by atoms with van der Waals surface area (Å²) in [5.74, 6) is 0.104. The van der Waals surface area contributed by atoms with E-state index in [-0.39, 0.29) is 30.5 Å². The number of amidine groups is 1. The minimum Gasteiger partial charge on any atom is -0.334 e. The topological polar surface area (TPSA) is 75.9 Å². The summed E-state index contributed by atoms with van der Waals surface area (Å²) in [7, 11) is 0. The lowest BCUT2D eigenvalue weighted by Crippen LogP contribution is -2.37. The molecule has 2 heterocycles. The number of carbonyl (C=O) groups excluding carboxylic acids is 1. The maximum absolute atomic E-state index is 13.5. The molecule has 182 valence electrons. The van der Waals surface area contributed by atoms with Gasteiger partial charge >= 0.3 is 0 Å². The average molecular weight is 473 g/mol. The molecule has 0 bridgehead atoms. The number of aryl methyl sites for hydroxylation is 1. The lowest BCUT2D eigenvalue weighted by molar-refractivity contribution is -0.0849. The predicted octanol–water partition coefficient (Wildman–Crippen LogP) is 4.19. The van der Waals surface area contributed by atoms with Crippen molar-refractivity contribution in [1.29, 1.82) is 0 Å². The fourth-order valence-electron chi connectivity index (χ4n) is 3.49. The number of aliphatic imine (C=N–C) groups is 1. The molecule has 1 saturated heterocycles. The van der Waals surface area contributed by atoms with Crippen LogP contribution in [0.4, 0.5) is 8.78 Å². The Bertz CT molecular complexity index is 1080. The van der Waals surface area contributed by atoms with E-state index < -0.39 is 6.43 Å². The molecule has 2 aromatic rings. The zero-order valence-corrected chi connectivity index (χ0v) is 19.9. The molecule has 0 aliphatic carbocycles. The van der Waals surface area contributed by atoms with Gasteiger partial charge in [0, 0.05) is 18.8 Å². The molecule has 0 spiro atoms. The van der Waals surface area contributed by atoms with E-state index in [2.05, 4.69) is 15.2 Å². The molecule has 8 nitrogen and oxygen atoms in total. The van der Waals surface area contributed by atoms with Crippen molar-refractivity contribution in [1.82, 2.24) is 25.0 Å². The summed E-state index contributed by atoms with van der Waals surface area (Å²) in [4.78, 5) is 26.9. The zero-order valence-electron chi connectivity index (χ0n) is 19.9. The second kappa shape index (κ2) is 11.6. The van der Waals surface area contributed by atoms with Crippen LogP contribution < -0.4 is 0 Å². The summed E-state index contributed by atoms with van der Waals surface area (Å²) < 4.78 is 26.4. The van der Waals surface area contributed by atoms with Crippen molar-refractivity contribution in [3.63, 3.8) is 0 Å². The lowest BCUT2D eigenvalue weighted by Gasteiger charge is -2.23. The molecule has 0 atom stereocenters. The van der Waals surface area contributed by atoms with Crippen LogP contribution in [0, 0.1) is 6.92 Å². The number of hydrogen-bond acceptors (Lipinski definition) is 5. The smallest absolute Gasteiger partial charge is 0.260 e. The maximum Gasteiger partial charge on any atom is 0.260 e. The number of benzene rings is 1. The van der Waals surface area contributed by atoms with Crippen molar-refractivity contribution in [2.75, 3.05) is 26.2 Å². The Kier molecular flexibility index (Phi) is 8.64. The fraction of sp³-hybridized carbons (Fsp3) is 0.417. The minimum absolute atomic E-state index is 0.111. The van der Waals surface area contributed by atoms with Crippen LogP contribution in [0.1, 0.15) is 43.1 Å². The van der Waals surface area contributed by atoms with Crippen LogP contribution in [0.15, 0.2) is 59.0 Å². The van der Waals surface area contributed by atoms with Crippen molar-refractivity contribution in [2.24, 2.45) is 4.99 Å². The van der Waals surface area contributed by atoms with Gasteiger partial charge in [0.15, 0.2) is 5.84 Å². The van der Waals surface area contributed by atoms with Gasteiger partial charge in [0.05, 0.1) is 36.8 Å². The highest BCUT2D eigenvalue weighted by molar-refractivity contribution is 5.98. The number of halogens is 2. The summed E-state index contributed by atoms with van der Waals surface area (Å²) in [5.41, 5.74) is 2.59. The zero-order chi connectivity index (χ0) is 24.7. The third-order valence-corrected chi connectivity index (χ3v) is 5.23. The molecule has 1 aliphatic rings. The van der Waals surface area contributed by atoms with Crippen LogP contribution >= 0.6 is 0 Å². The standard InChI is InChI=1S/C24H30F2N6O2/c1-5-6-19(4)29-22(16-18(3)23(25)26)31-12-11-30(13-14-34-31)24(33)20-15-17(2)7-8-21(20)32-27-9-10-28-32/h6-10,15-16,23H,5,11-14H2,1-4H3/b18-16+,19-6+,29-22+. The van der Waals surface area contributed by atoms with Gasteiger partial charge in [-0.05, 0) is 51.0 Å². The molecule has 1 amide bonds. The number of alkyl halides is 2. The molecule has 0 N–H and O–H groups in total. The van der Waals surface area contributed by atoms with Crippen molar-refractivity contribution < 1.29 is 18.4 Å². The Hall–Kier alpha value is -3.40. The van der Waals surface area contributed by atoms with Gasteiger partial charge in [-0.2, -0.15) is 15.0 Å². The maximum atomic E-state index is 13.5. The predicted molar refractivity (Wildman–Crippen MR) is 126 cm³/mol. The van der Waals surface area contributed by atoms with Crippen LogP contribution in [0.5, 0.6) is 0 Å². The lowest BCUT2D eigenvalue weighted by atomic mass is 10.1. The second-order valence-electron chi connectivity index (χ2n) is 7.98. The van der Waals surface area contributed by atoms with Gasteiger partial charge in [0.25, 0.3) is 12.3 Å². The number of rotatable bonds is 6. The number of amides is 1. The number of hydrogen-bond donors (Lipinski definition) is 0. The third kappa shape index (κ3) is 6.34. The fourth-order valence-corrected chi connectivity index (χ4v) is 3.49. The van der Waals surface area contributed by atoms with Crippen molar-refractivity contribution in [2.45, 2.75) is 40.5 Å². The SMILES string of the molecule is CC/C=C(C)/N=C(\C=C(/C)C(F)F)N1CCN(C(=O)c2cc(C)ccc2-n2nccn2)CCO1.